The number of pyridine rings is 1. The first-order chi connectivity index (χ1) is 7.15. The van der Waals surface area contributed by atoms with E-state index in [0.717, 1.165) is 0 Å². The van der Waals surface area contributed by atoms with Gasteiger partial charge in [0.2, 0.25) is 0 Å². The summed E-state index contributed by atoms with van der Waals surface area (Å²) in [5.74, 6) is -0.449. The number of methoxy groups -OCH3 is 1. The van der Waals surface area contributed by atoms with E-state index >= 15 is 0 Å². The van der Waals surface area contributed by atoms with Crippen LogP contribution in [0.5, 0.6) is 0 Å². The molecule has 0 aliphatic rings. The second kappa shape index (κ2) is 3.27. The van der Waals surface area contributed by atoms with Crippen molar-refractivity contribution in [3.05, 3.63) is 34.4 Å². The number of carbonyl (C=O) groups excluding carboxylic acids is 1. The fourth-order valence-electron chi connectivity index (χ4n) is 1.54. The standard InChI is InChI=1S/C10H10N2O3/c1-12-5-7(10(14)15-2)6-3-4-11-8(6)9(12)13/h3-5,11H,1-2H3. The maximum absolute atomic E-state index is 11.6. The van der Waals surface area contributed by atoms with Crippen molar-refractivity contribution in [1.82, 2.24) is 9.55 Å². The lowest BCUT2D eigenvalue weighted by Gasteiger charge is -2.03. The number of ether oxygens (including phenoxy) is 1. The van der Waals surface area contributed by atoms with E-state index in [1.54, 1.807) is 19.3 Å². The minimum absolute atomic E-state index is 0.164. The largest absolute Gasteiger partial charge is 0.465 e. The van der Waals surface area contributed by atoms with Gasteiger partial charge in [-0.05, 0) is 6.07 Å². The van der Waals surface area contributed by atoms with E-state index in [1.165, 1.54) is 17.9 Å². The average molecular weight is 206 g/mol. The number of hydrogen-bond donors (Lipinski definition) is 1. The van der Waals surface area contributed by atoms with Crippen LogP contribution >= 0.6 is 0 Å². The molecule has 0 radical (unpaired) electrons. The summed E-state index contributed by atoms with van der Waals surface area (Å²) < 4.78 is 5.99. The molecule has 0 fully saturated rings. The van der Waals surface area contributed by atoms with E-state index in [4.69, 9.17) is 0 Å². The zero-order valence-electron chi connectivity index (χ0n) is 8.40. The molecule has 0 amide bonds. The summed E-state index contributed by atoms with van der Waals surface area (Å²) in [6.07, 6.45) is 3.10. The molecule has 2 aromatic heterocycles. The second-order valence-electron chi connectivity index (χ2n) is 3.22. The number of nitrogens with one attached hydrogen (secondary N) is 1. The van der Waals surface area contributed by atoms with E-state index in [2.05, 4.69) is 9.72 Å². The highest BCUT2D eigenvalue weighted by molar-refractivity contribution is 6.03. The summed E-state index contributed by atoms with van der Waals surface area (Å²) in [5.41, 5.74) is 0.638. The van der Waals surface area contributed by atoms with Crippen LogP contribution in [-0.4, -0.2) is 22.6 Å². The minimum atomic E-state index is -0.449. The maximum atomic E-state index is 11.6. The van der Waals surface area contributed by atoms with Gasteiger partial charge in [0.05, 0.1) is 12.7 Å². The summed E-state index contributed by atoms with van der Waals surface area (Å²) in [6, 6.07) is 1.68. The zero-order valence-corrected chi connectivity index (χ0v) is 8.40. The number of aromatic nitrogens is 2. The normalized spacial score (nSPS) is 10.5. The van der Waals surface area contributed by atoms with E-state index in [0.29, 0.717) is 16.5 Å². The number of fused-ring (bicyclic) bond motifs is 1. The van der Waals surface area contributed by atoms with Crippen LogP contribution in [0.15, 0.2) is 23.3 Å². The van der Waals surface area contributed by atoms with Crippen molar-refractivity contribution in [2.45, 2.75) is 0 Å². The Morgan fingerprint density at radius 1 is 1.53 bits per heavy atom. The quantitative estimate of drug-likeness (QED) is 0.697. The molecule has 2 aromatic rings. The summed E-state index contributed by atoms with van der Waals surface area (Å²) in [4.78, 5) is 25.9. The number of esters is 1. The fraction of sp³-hybridized carbons (Fsp3) is 0.200. The number of H-pyrrole nitrogens is 1. The Morgan fingerprint density at radius 2 is 2.27 bits per heavy atom. The summed E-state index contributed by atoms with van der Waals surface area (Å²) in [7, 11) is 2.90. The van der Waals surface area contributed by atoms with Crippen LogP contribution in [0.3, 0.4) is 0 Å². The van der Waals surface area contributed by atoms with Gasteiger partial charge in [-0.15, -0.1) is 0 Å². The van der Waals surface area contributed by atoms with Gasteiger partial charge in [-0.25, -0.2) is 4.79 Å². The number of hydrogen-bond acceptors (Lipinski definition) is 3. The fourth-order valence-corrected chi connectivity index (χ4v) is 1.54. The molecule has 0 aromatic carbocycles. The highest BCUT2D eigenvalue weighted by Gasteiger charge is 2.14. The Morgan fingerprint density at radius 3 is 2.93 bits per heavy atom. The zero-order chi connectivity index (χ0) is 11.0. The van der Waals surface area contributed by atoms with Crippen molar-refractivity contribution in [3.8, 4) is 0 Å². The molecule has 15 heavy (non-hydrogen) atoms. The van der Waals surface area contributed by atoms with Crippen LogP contribution in [0, 0.1) is 0 Å². The molecule has 0 atom stereocenters. The molecule has 2 rings (SSSR count). The van der Waals surface area contributed by atoms with Gasteiger partial charge in [-0.1, -0.05) is 0 Å². The topological polar surface area (TPSA) is 64.1 Å². The van der Waals surface area contributed by atoms with Gasteiger partial charge in [0.25, 0.3) is 5.56 Å². The first-order valence-electron chi connectivity index (χ1n) is 4.40. The highest BCUT2D eigenvalue weighted by Crippen LogP contribution is 2.14. The number of rotatable bonds is 1. The third kappa shape index (κ3) is 1.32. The Hall–Kier alpha value is -2.04. The van der Waals surface area contributed by atoms with Crippen LogP contribution in [0.2, 0.25) is 0 Å². The third-order valence-electron chi connectivity index (χ3n) is 2.30. The van der Waals surface area contributed by atoms with Crippen molar-refractivity contribution in [2.75, 3.05) is 7.11 Å². The molecular weight excluding hydrogens is 196 g/mol. The van der Waals surface area contributed by atoms with Gasteiger partial charge in [-0.3, -0.25) is 4.79 Å². The Balaban J connectivity index is 2.86. The SMILES string of the molecule is COC(=O)c1cn(C)c(=O)c2[nH]ccc12. The third-order valence-corrected chi connectivity index (χ3v) is 2.30. The van der Waals surface area contributed by atoms with Crippen molar-refractivity contribution in [1.29, 1.82) is 0 Å². The number of aromatic amines is 1. The van der Waals surface area contributed by atoms with E-state index < -0.39 is 5.97 Å². The predicted octanol–water partition coefficient (Wildman–Crippen LogP) is 0.653. The molecule has 0 aliphatic heterocycles. The lowest BCUT2D eigenvalue weighted by Crippen LogP contribution is -2.19. The van der Waals surface area contributed by atoms with E-state index in [1.807, 2.05) is 0 Å². The Labute approximate surface area is 85.3 Å². The maximum Gasteiger partial charge on any atom is 0.340 e. The molecule has 0 saturated heterocycles. The van der Waals surface area contributed by atoms with Crippen LogP contribution in [0.25, 0.3) is 10.9 Å². The van der Waals surface area contributed by atoms with Crippen molar-refractivity contribution in [3.63, 3.8) is 0 Å². The van der Waals surface area contributed by atoms with Gasteiger partial charge < -0.3 is 14.3 Å². The molecule has 0 aliphatic carbocycles. The van der Waals surface area contributed by atoms with Crippen molar-refractivity contribution in [2.24, 2.45) is 7.05 Å². The molecule has 0 unspecified atom stereocenters. The average Bonchev–Trinajstić information content (AvgIpc) is 2.71. The van der Waals surface area contributed by atoms with Gasteiger partial charge in [0.15, 0.2) is 0 Å². The smallest absolute Gasteiger partial charge is 0.340 e. The molecule has 78 valence electrons. The van der Waals surface area contributed by atoms with Crippen molar-refractivity contribution >= 4 is 16.9 Å². The number of nitrogens with zero attached hydrogens (tertiary/aromatic N) is 1. The minimum Gasteiger partial charge on any atom is -0.465 e. The van der Waals surface area contributed by atoms with Gasteiger partial charge in [0.1, 0.15) is 5.52 Å². The van der Waals surface area contributed by atoms with Crippen LogP contribution in [-0.2, 0) is 11.8 Å². The van der Waals surface area contributed by atoms with Crippen LogP contribution in [0.1, 0.15) is 10.4 Å². The van der Waals surface area contributed by atoms with Gasteiger partial charge >= 0.3 is 5.97 Å². The summed E-state index contributed by atoms with van der Waals surface area (Å²) in [6.45, 7) is 0. The van der Waals surface area contributed by atoms with Gasteiger partial charge in [0, 0.05) is 24.8 Å². The Bertz CT molecular complexity index is 580. The molecule has 0 spiro atoms. The highest BCUT2D eigenvalue weighted by atomic mass is 16.5. The molecule has 0 saturated carbocycles. The van der Waals surface area contributed by atoms with Crippen LogP contribution < -0.4 is 5.56 Å². The summed E-state index contributed by atoms with van der Waals surface area (Å²) in [5, 5.41) is 0.588. The number of aryl methyl sites for hydroxylation is 1. The molecule has 0 bridgehead atoms. The molecule has 5 heteroatoms. The first kappa shape index (κ1) is 9.51. The van der Waals surface area contributed by atoms with E-state index in [9.17, 15) is 9.59 Å². The molecule has 1 N–H and O–H groups in total. The lowest BCUT2D eigenvalue weighted by atomic mass is 10.2. The van der Waals surface area contributed by atoms with Crippen LogP contribution in [0.4, 0.5) is 0 Å². The molecule has 5 nitrogen and oxygen atoms in total. The lowest BCUT2D eigenvalue weighted by molar-refractivity contribution is 0.0602. The second-order valence-corrected chi connectivity index (χ2v) is 3.22. The predicted molar refractivity (Wildman–Crippen MR) is 54.9 cm³/mol. The van der Waals surface area contributed by atoms with Gasteiger partial charge in [-0.2, -0.15) is 0 Å². The monoisotopic (exact) mass is 206 g/mol. The Kier molecular flexibility index (Phi) is 2.07. The summed E-state index contributed by atoms with van der Waals surface area (Å²) >= 11 is 0. The first-order valence-corrected chi connectivity index (χ1v) is 4.40. The van der Waals surface area contributed by atoms with Crippen molar-refractivity contribution < 1.29 is 9.53 Å². The number of carbonyl (C=O) groups is 1. The van der Waals surface area contributed by atoms with E-state index in [-0.39, 0.29) is 5.56 Å². The molecule has 2 heterocycles. The molecular formula is C10H10N2O3.